The van der Waals surface area contributed by atoms with Crippen molar-refractivity contribution >= 4 is 62.4 Å². The lowest BCUT2D eigenvalue weighted by Gasteiger charge is -2.19. The molecule has 40 heavy (non-hydrogen) atoms. The number of hydrogen-bond donors (Lipinski definition) is 2. The van der Waals surface area contributed by atoms with Crippen LogP contribution in [0.5, 0.6) is 0 Å². The van der Waals surface area contributed by atoms with Gasteiger partial charge in [-0.25, -0.2) is 18.4 Å². The first-order valence-corrected chi connectivity index (χ1v) is 14.6. The van der Waals surface area contributed by atoms with Gasteiger partial charge in [0.05, 0.1) is 16.8 Å². The summed E-state index contributed by atoms with van der Waals surface area (Å²) in [4.78, 5) is 15.8. The van der Waals surface area contributed by atoms with Crippen LogP contribution in [0.4, 0.5) is 29.1 Å². The highest BCUT2D eigenvalue weighted by molar-refractivity contribution is 7.89. The van der Waals surface area contributed by atoms with Crippen molar-refractivity contribution in [3.8, 4) is 0 Å². The highest BCUT2D eigenvalue weighted by Gasteiger charge is 2.13. The van der Waals surface area contributed by atoms with Crippen molar-refractivity contribution < 1.29 is 8.42 Å². The van der Waals surface area contributed by atoms with Crippen molar-refractivity contribution in [1.82, 2.24) is 19.5 Å². The zero-order chi connectivity index (χ0) is 27.6. The summed E-state index contributed by atoms with van der Waals surface area (Å²) < 4.78 is 25.1. The maximum atomic E-state index is 11.5. The van der Waals surface area contributed by atoms with Crippen LogP contribution in [0.3, 0.4) is 0 Å². The van der Waals surface area contributed by atoms with E-state index in [1.54, 1.807) is 18.3 Å². The van der Waals surface area contributed by atoms with E-state index < -0.39 is 9.84 Å². The Hall–Kier alpha value is -4.15. The summed E-state index contributed by atoms with van der Waals surface area (Å²) in [6.07, 6.45) is 2.93. The zero-order valence-electron chi connectivity index (χ0n) is 22.8. The van der Waals surface area contributed by atoms with Crippen LogP contribution in [-0.2, 0) is 29.2 Å². The molecule has 0 aliphatic rings. The maximum absolute atomic E-state index is 11.5. The standard InChI is InChI=1S/C29H31N7O2S.ClH/c1-20-5-7-21(8-6-20)18-31-29-33-25-17-24(13-14-26(25)36(29)3)35(2)27-15-16-30-28(34-27)32-23-11-9-22(10-12-23)19-39(4,37)38;/h5-17H,18-19H2,1-4H3,(H,31,33)(H,30,32,34);1H. The fourth-order valence-corrected chi connectivity index (χ4v) is 5.08. The van der Waals surface area contributed by atoms with E-state index in [2.05, 4.69) is 62.4 Å². The Bertz CT molecular complexity index is 1720. The van der Waals surface area contributed by atoms with Gasteiger partial charge in [0.1, 0.15) is 5.82 Å². The molecular formula is C29H32ClN7O2S. The van der Waals surface area contributed by atoms with Gasteiger partial charge in [-0.3, -0.25) is 0 Å². The van der Waals surface area contributed by atoms with Crippen LogP contribution >= 0.6 is 12.4 Å². The number of nitrogens with one attached hydrogen (secondary N) is 2. The van der Waals surface area contributed by atoms with Crippen molar-refractivity contribution in [1.29, 1.82) is 0 Å². The molecule has 5 rings (SSSR count). The molecule has 3 aromatic carbocycles. The molecule has 0 unspecified atom stereocenters. The largest absolute Gasteiger partial charge is 0.352 e. The third-order valence-corrected chi connectivity index (χ3v) is 7.30. The first-order valence-electron chi connectivity index (χ1n) is 12.5. The molecule has 11 heteroatoms. The highest BCUT2D eigenvalue weighted by atomic mass is 35.5. The predicted molar refractivity (Wildman–Crippen MR) is 165 cm³/mol. The second-order valence-electron chi connectivity index (χ2n) is 9.70. The number of halogens is 1. The van der Waals surface area contributed by atoms with Gasteiger partial charge in [0.2, 0.25) is 11.9 Å². The van der Waals surface area contributed by atoms with Crippen LogP contribution in [-0.4, -0.2) is 41.2 Å². The molecule has 0 aliphatic heterocycles. The average Bonchev–Trinajstić information content (AvgIpc) is 3.23. The summed E-state index contributed by atoms with van der Waals surface area (Å²) in [5, 5.41) is 6.63. The minimum atomic E-state index is -3.08. The van der Waals surface area contributed by atoms with Crippen LogP contribution in [0.25, 0.3) is 11.0 Å². The summed E-state index contributed by atoms with van der Waals surface area (Å²) in [6, 6.07) is 23.7. The molecule has 208 valence electrons. The molecule has 5 aromatic rings. The molecule has 0 aliphatic carbocycles. The minimum absolute atomic E-state index is 0. The van der Waals surface area contributed by atoms with Gasteiger partial charge in [-0.1, -0.05) is 42.0 Å². The van der Waals surface area contributed by atoms with Gasteiger partial charge in [-0.15, -0.1) is 12.4 Å². The molecule has 0 fully saturated rings. The topological polar surface area (TPSA) is 105 Å². The number of nitrogens with zero attached hydrogens (tertiary/aromatic N) is 5. The van der Waals surface area contributed by atoms with Crippen LogP contribution in [0.1, 0.15) is 16.7 Å². The van der Waals surface area contributed by atoms with Crippen molar-refractivity contribution in [2.75, 3.05) is 28.8 Å². The highest BCUT2D eigenvalue weighted by Crippen LogP contribution is 2.28. The summed E-state index contributed by atoms with van der Waals surface area (Å²) in [5.74, 6) is 1.97. The summed E-state index contributed by atoms with van der Waals surface area (Å²) in [7, 11) is 0.876. The first kappa shape index (κ1) is 28.8. The lowest BCUT2D eigenvalue weighted by atomic mass is 10.1. The molecule has 0 saturated carbocycles. The van der Waals surface area contributed by atoms with Gasteiger partial charge in [0.15, 0.2) is 9.84 Å². The number of fused-ring (bicyclic) bond motifs is 1. The summed E-state index contributed by atoms with van der Waals surface area (Å²) in [6.45, 7) is 2.78. The second-order valence-corrected chi connectivity index (χ2v) is 11.8. The van der Waals surface area contributed by atoms with Crippen LogP contribution in [0, 0.1) is 6.92 Å². The normalized spacial score (nSPS) is 11.2. The number of aryl methyl sites for hydroxylation is 2. The van der Waals surface area contributed by atoms with Crippen molar-refractivity contribution in [2.45, 2.75) is 19.2 Å². The summed E-state index contributed by atoms with van der Waals surface area (Å²) >= 11 is 0. The molecule has 9 nitrogen and oxygen atoms in total. The van der Waals surface area contributed by atoms with E-state index in [4.69, 9.17) is 4.98 Å². The molecule has 2 aromatic heterocycles. The first-order chi connectivity index (χ1) is 18.6. The number of benzene rings is 3. The van der Waals surface area contributed by atoms with Gasteiger partial charge in [0, 0.05) is 44.5 Å². The van der Waals surface area contributed by atoms with Gasteiger partial charge in [-0.2, -0.15) is 4.98 Å². The van der Waals surface area contributed by atoms with E-state index in [0.29, 0.717) is 18.3 Å². The van der Waals surface area contributed by atoms with E-state index in [-0.39, 0.29) is 18.2 Å². The lowest BCUT2D eigenvalue weighted by Crippen LogP contribution is -2.12. The molecule has 2 heterocycles. The number of aromatic nitrogens is 4. The fraction of sp³-hybridized carbons (Fsp3) is 0.207. The Labute approximate surface area is 240 Å². The van der Waals surface area contributed by atoms with Gasteiger partial charge in [0.25, 0.3) is 0 Å². The lowest BCUT2D eigenvalue weighted by molar-refractivity contribution is 0.601. The molecule has 0 amide bonds. The third-order valence-electron chi connectivity index (χ3n) is 6.45. The van der Waals surface area contributed by atoms with E-state index in [1.807, 2.05) is 49.3 Å². The van der Waals surface area contributed by atoms with Crippen LogP contribution in [0.2, 0.25) is 0 Å². The Morgan fingerprint density at radius 2 is 1.62 bits per heavy atom. The van der Waals surface area contributed by atoms with E-state index in [1.165, 1.54) is 17.4 Å². The Morgan fingerprint density at radius 1 is 0.925 bits per heavy atom. The van der Waals surface area contributed by atoms with Crippen LogP contribution < -0.4 is 15.5 Å². The van der Waals surface area contributed by atoms with E-state index >= 15 is 0 Å². The molecule has 0 saturated heterocycles. The SMILES string of the molecule is Cc1ccc(CNc2nc3cc(N(C)c4ccnc(Nc5ccc(CS(C)(=O)=O)cc5)n4)ccc3n2C)cc1.Cl. The van der Waals surface area contributed by atoms with Gasteiger partial charge >= 0.3 is 0 Å². The number of rotatable bonds is 9. The smallest absolute Gasteiger partial charge is 0.229 e. The number of anilines is 5. The fourth-order valence-electron chi connectivity index (χ4n) is 4.29. The second kappa shape index (κ2) is 11.9. The quantitative estimate of drug-likeness (QED) is 0.228. The average molecular weight is 578 g/mol. The number of imidazole rings is 1. The molecule has 0 radical (unpaired) electrons. The maximum Gasteiger partial charge on any atom is 0.229 e. The van der Waals surface area contributed by atoms with Crippen molar-refractivity contribution in [3.63, 3.8) is 0 Å². The third kappa shape index (κ3) is 6.88. The molecule has 0 atom stereocenters. The van der Waals surface area contributed by atoms with Crippen molar-refractivity contribution in [2.24, 2.45) is 7.05 Å². The number of hydrogen-bond acceptors (Lipinski definition) is 8. The van der Waals surface area contributed by atoms with Gasteiger partial charge < -0.3 is 20.1 Å². The molecule has 0 spiro atoms. The Kier molecular flexibility index (Phi) is 8.61. The van der Waals surface area contributed by atoms with Crippen LogP contribution in [0.15, 0.2) is 79.0 Å². The van der Waals surface area contributed by atoms with Crippen molar-refractivity contribution in [3.05, 3.63) is 95.7 Å². The Morgan fingerprint density at radius 3 is 2.33 bits per heavy atom. The number of sulfone groups is 1. The predicted octanol–water partition coefficient (Wildman–Crippen LogP) is 5.76. The summed E-state index contributed by atoms with van der Waals surface area (Å²) in [5.41, 5.74) is 6.80. The molecule has 0 bridgehead atoms. The van der Waals surface area contributed by atoms with Gasteiger partial charge in [-0.05, 0) is 54.4 Å². The molecule has 2 N–H and O–H groups in total. The Balaban J connectivity index is 0.00000370. The minimum Gasteiger partial charge on any atom is -0.352 e. The monoisotopic (exact) mass is 577 g/mol. The van der Waals surface area contributed by atoms with E-state index in [9.17, 15) is 8.42 Å². The zero-order valence-corrected chi connectivity index (χ0v) is 24.4. The molecular weight excluding hydrogens is 546 g/mol. The van der Waals surface area contributed by atoms with E-state index in [0.717, 1.165) is 33.9 Å².